The maximum absolute atomic E-state index is 5.45. The molecule has 2 atom stereocenters. The SMILES string of the molecule is CCOCCCN[C@H]1CCO[C@@H]1C. The average Bonchev–Trinajstić information content (AvgIpc) is 2.52. The number of ether oxygens (including phenoxy) is 2. The molecule has 0 aromatic carbocycles. The van der Waals surface area contributed by atoms with Crippen molar-refractivity contribution in [2.24, 2.45) is 0 Å². The maximum Gasteiger partial charge on any atom is 0.0700 e. The summed E-state index contributed by atoms with van der Waals surface area (Å²) in [6.07, 6.45) is 2.62. The second-order valence-corrected chi connectivity index (χ2v) is 3.48. The molecule has 3 nitrogen and oxygen atoms in total. The lowest BCUT2D eigenvalue weighted by atomic mass is 10.1. The van der Waals surface area contributed by atoms with E-state index in [1.807, 2.05) is 6.92 Å². The number of hydrogen-bond donors (Lipinski definition) is 1. The van der Waals surface area contributed by atoms with Crippen LogP contribution in [0.1, 0.15) is 26.7 Å². The zero-order valence-electron chi connectivity index (χ0n) is 8.71. The highest BCUT2D eigenvalue weighted by Gasteiger charge is 2.22. The van der Waals surface area contributed by atoms with Crippen LogP contribution in [0, 0.1) is 0 Å². The van der Waals surface area contributed by atoms with Crippen molar-refractivity contribution < 1.29 is 9.47 Å². The Labute approximate surface area is 80.8 Å². The summed E-state index contributed by atoms with van der Waals surface area (Å²) in [7, 11) is 0. The highest BCUT2D eigenvalue weighted by atomic mass is 16.5. The van der Waals surface area contributed by atoms with Crippen LogP contribution >= 0.6 is 0 Å². The van der Waals surface area contributed by atoms with E-state index >= 15 is 0 Å². The van der Waals surface area contributed by atoms with Gasteiger partial charge in [-0.2, -0.15) is 0 Å². The van der Waals surface area contributed by atoms with Gasteiger partial charge in [-0.05, 0) is 33.2 Å². The lowest BCUT2D eigenvalue weighted by Crippen LogP contribution is -2.35. The summed E-state index contributed by atoms with van der Waals surface area (Å²) in [4.78, 5) is 0. The summed E-state index contributed by atoms with van der Waals surface area (Å²) < 4.78 is 10.7. The van der Waals surface area contributed by atoms with E-state index in [4.69, 9.17) is 9.47 Å². The molecule has 1 saturated heterocycles. The zero-order valence-corrected chi connectivity index (χ0v) is 8.71. The van der Waals surface area contributed by atoms with Crippen LogP contribution in [0.5, 0.6) is 0 Å². The largest absolute Gasteiger partial charge is 0.382 e. The summed E-state index contributed by atoms with van der Waals surface area (Å²) in [5.41, 5.74) is 0. The molecule has 0 radical (unpaired) electrons. The van der Waals surface area contributed by atoms with Crippen molar-refractivity contribution in [1.29, 1.82) is 0 Å². The number of rotatable bonds is 6. The molecule has 0 aromatic rings. The van der Waals surface area contributed by atoms with E-state index in [0.29, 0.717) is 12.1 Å². The Hall–Kier alpha value is -0.120. The molecule has 0 aliphatic carbocycles. The normalized spacial score (nSPS) is 28.2. The average molecular weight is 187 g/mol. The van der Waals surface area contributed by atoms with Crippen molar-refractivity contribution in [2.75, 3.05) is 26.4 Å². The van der Waals surface area contributed by atoms with Crippen LogP contribution < -0.4 is 5.32 Å². The van der Waals surface area contributed by atoms with Gasteiger partial charge >= 0.3 is 0 Å². The van der Waals surface area contributed by atoms with Gasteiger partial charge in [0.2, 0.25) is 0 Å². The topological polar surface area (TPSA) is 30.5 Å². The van der Waals surface area contributed by atoms with Crippen molar-refractivity contribution in [3.8, 4) is 0 Å². The monoisotopic (exact) mass is 187 g/mol. The van der Waals surface area contributed by atoms with Gasteiger partial charge in [0, 0.05) is 25.9 Å². The van der Waals surface area contributed by atoms with Gasteiger partial charge in [0.15, 0.2) is 0 Å². The van der Waals surface area contributed by atoms with Crippen molar-refractivity contribution in [2.45, 2.75) is 38.8 Å². The lowest BCUT2D eigenvalue weighted by Gasteiger charge is -2.15. The first kappa shape index (κ1) is 11.0. The van der Waals surface area contributed by atoms with Crippen LogP contribution in [0.2, 0.25) is 0 Å². The first-order chi connectivity index (χ1) is 6.34. The molecule has 1 heterocycles. The van der Waals surface area contributed by atoms with Gasteiger partial charge in [-0.15, -0.1) is 0 Å². The van der Waals surface area contributed by atoms with Crippen molar-refractivity contribution >= 4 is 0 Å². The van der Waals surface area contributed by atoms with Gasteiger partial charge in [-0.3, -0.25) is 0 Å². The van der Waals surface area contributed by atoms with Gasteiger partial charge in [0.05, 0.1) is 6.10 Å². The fraction of sp³-hybridized carbons (Fsp3) is 1.00. The molecule has 0 unspecified atom stereocenters. The van der Waals surface area contributed by atoms with Crippen LogP contribution in [0.25, 0.3) is 0 Å². The van der Waals surface area contributed by atoms with Crippen molar-refractivity contribution in [3.05, 3.63) is 0 Å². The third-order valence-corrected chi connectivity index (χ3v) is 2.45. The summed E-state index contributed by atoms with van der Waals surface area (Å²) in [5.74, 6) is 0. The molecule has 78 valence electrons. The van der Waals surface area contributed by atoms with E-state index in [2.05, 4.69) is 12.2 Å². The smallest absolute Gasteiger partial charge is 0.0700 e. The quantitative estimate of drug-likeness (QED) is 0.633. The predicted molar refractivity (Wildman–Crippen MR) is 52.9 cm³/mol. The van der Waals surface area contributed by atoms with Crippen LogP contribution in [0.3, 0.4) is 0 Å². The maximum atomic E-state index is 5.45. The second kappa shape index (κ2) is 6.35. The molecule has 1 aliphatic rings. The molecule has 0 amide bonds. The van der Waals surface area contributed by atoms with E-state index in [-0.39, 0.29) is 0 Å². The fourth-order valence-electron chi connectivity index (χ4n) is 1.61. The Balaban J connectivity index is 1.93. The third-order valence-electron chi connectivity index (χ3n) is 2.45. The number of hydrogen-bond acceptors (Lipinski definition) is 3. The third kappa shape index (κ3) is 4.07. The van der Waals surface area contributed by atoms with E-state index in [1.54, 1.807) is 0 Å². The van der Waals surface area contributed by atoms with E-state index < -0.39 is 0 Å². The zero-order chi connectivity index (χ0) is 9.52. The molecular weight excluding hydrogens is 166 g/mol. The Bertz CT molecular complexity index is 130. The molecular formula is C10H21NO2. The van der Waals surface area contributed by atoms with Crippen LogP contribution in [-0.4, -0.2) is 38.5 Å². The van der Waals surface area contributed by atoms with Crippen LogP contribution in [0.4, 0.5) is 0 Å². The van der Waals surface area contributed by atoms with Gasteiger partial charge < -0.3 is 14.8 Å². The Morgan fingerprint density at radius 1 is 1.54 bits per heavy atom. The highest BCUT2D eigenvalue weighted by molar-refractivity contribution is 4.78. The van der Waals surface area contributed by atoms with E-state index in [9.17, 15) is 0 Å². The van der Waals surface area contributed by atoms with Gasteiger partial charge in [0.25, 0.3) is 0 Å². The molecule has 0 spiro atoms. The molecule has 0 saturated carbocycles. The first-order valence-corrected chi connectivity index (χ1v) is 5.27. The molecule has 3 heteroatoms. The summed E-state index contributed by atoms with van der Waals surface area (Å²) in [6.45, 7) is 7.80. The molecule has 1 rings (SSSR count). The Kier molecular flexibility index (Phi) is 5.35. The molecule has 1 fully saturated rings. The van der Waals surface area contributed by atoms with Crippen molar-refractivity contribution in [1.82, 2.24) is 5.32 Å². The standard InChI is InChI=1S/C10H21NO2/c1-3-12-7-4-6-11-10-5-8-13-9(10)2/h9-11H,3-8H2,1-2H3/t9-,10+/m1/s1. The van der Waals surface area contributed by atoms with Crippen molar-refractivity contribution in [3.63, 3.8) is 0 Å². The molecule has 0 aromatic heterocycles. The summed E-state index contributed by atoms with van der Waals surface area (Å²) >= 11 is 0. The molecule has 0 bridgehead atoms. The second-order valence-electron chi connectivity index (χ2n) is 3.48. The lowest BCUT2D eigenvalue weighted by molar-refractivity contribution is 0.111. The molecule has 1 N–H and O–H groups in total. The predicted octanol–water partition coefficient (Wildman–Crippen LogP) is 1.18. The minimum absolute atomic E-state index is 0.382. The highest BCUT2D eigenvalue weighted by Crippen LogP contribution is 2.11. The summed E-state index contributed by atoms with van der Waals surface area (Å²) in [5, 5.41) is 3.49. The van der Waals surface area contributed by atoms with Gasteiger partial charge in [-0.25, -0.2) is 0 Å². The van der Waals surface area contributed by atoms with Crippen LogP contribution in [-0.2, 0) is 9.47 Å². The Morgan fingerprint density at radius 2 is 2.38 bits per heavy atom. The Morgan fingerprint density at radius 3 is 3.00 bits per heavy atom. The minimum Gasteiger partial charge on any atom is -0.382 e. The number of nitrogens with one attached hydrogen (secondary N) is 1. The van der Waals surface area contributed by atoms with Gasteiger partial charge in [0.1, 0.15) is 0 Å². The first-order valence-electron chi connectivity index (χ1n) is 5.27. The molecule has 13 heavy (non-hydrogen) atoms. The molecule has 1 aliphatic heterocycles. The van der Waals surface area contributed by atoms with E-state index in [1.165, 1.54) is 0 Å². The fourth-order valence-corrected chi connectivity index (χ4v) is 1.61. The minimum atomic E-state index is 0.382. The van der Waals surface area contributed by atoms with Gasteiger partial charge in [-0.1, -0.05) is 0 Å². The summed E-state index contributed by atoms with van der Waals surface area (Å²) in [6, 6.07) is 0.557. The van der Waals surface area contributed by atoms with Crippen LogP contribution in [0.15, 0.2) is 0 Å². The van der Waals surface area contributed by atoms with E-state index in [0.717, 1.165) is 39.2 Å².